The van der Waals surface area contributed by atoms with Crippen molar-refractivity contribution in [3.05, 3.63) is 123 Å². The van der Waals surface area contributed by atoms with E-state index in [0.717, 1.165) is 33.6 Å². The van der Waals surface area contributed by atoms with Gasteiger partial charge in [0.1, 0.15) is 6.10 Å². The van der Waals surface area contributed by atoms with Crippen LogP contribution in [0, 0.1) is 0 Å². The fraction of sp³-hybridized carbons (Fsp3) is 0.278. The average molecular weight is 600 g/mol. The Labute approximate surface area is 258 Å². The Morgan fingerprint density at radius 1 is 0.977 bits per heavy atom. The molecule has 224 valence electrons. The maximum absolute atomic E-state index is 11.6. The highest BCUT2D eigenvalue weighted by Crippen LogP contribution is 2.52. The first kappa shape index (κ1) is 30.5. The Hall–Kier alpha value is -3.97. The molecule has 1 aliphatic rings. The van der Waals surface area contributed by atoms with E-state index < -0.39 is 6.04 Å². The molecule has 4 aromatic rings. The number of phenols is 1. The first-order valence-electron chi connectivity index (χ1n) is 14.4. The average Bonchev–Trinajstić information content (AvgIpc) is 3.34. The van der Waals surface area contributed by atoms with E-state index in [0.29, 0.717) is 35.2 Å². The Morgan fingerprint density at radius 3 is 2.42 bits per heavy atom. The van der Waals surface area contributed by atoms with Gasteiger partial charge in [0.05, 0.1) is 26.9 Å². The first-order chi connectivity index (χ1) is 20.9. The Morgan fingerprint density at radius 2 is 1.74 bits per heavy atom. The van der Waals surface area contributed by atoms with Crippen LogP contribution in [0.1, 0.15) is 65.3 Å². The molecule has 0 radical (unpaired) electrons. The number of halogens is 1. The fourth-order valence-corrected chi connectivity index (χ4v) is 6.19. The van der Waals surface area contributed by atoms with Crippen molar-refractivity contribution >= 4 is 17.7 Å². The number of allylic oxidation sites excluding steroid dienone is 1. The molecule has 7 heteroatoms. The summed E-state index contributed by atoms with van der Waals surface area (Å²) in [7, 11) is 3.20. The molecule has 0 amide bonds. The van der Waals surface area contributed by atoms with Gasteiger partial charge in [-0.15, -0.1) is 0 Å². The molecule has 6 nitrogen and oxygen atoms in total. The quantitative estimate of drug-likeness (QED) is 0.182. The number of hydrogen-bond donors (Lipinski definition) is 2. The van der Waals surface area contributed by atoms with Crippen LogP contribution in [0.3, 0.4) is 0 Å². The lowest BCUT2D eigenvalue weighted by molar-refractivity contribution is 0.158. The standard InChI is InChI=1S/C36H38ClNO5/c1-5-10-25-17-29-23(2)35(43-36(29)32(18-25)42-4)27-20-30(34(40)31(21-27)41-3)33(26-13-9-14-28(37)19-26)38(15-16-39)22-24-11-7-6-8-12-24/h5-14,17-21,23,33,35,39-40H,15-16,22H2,1-4H3/b10-5+. The van der Waals surface area contributed by atoms with Crippen molar-refractivity contribution in [1.29, 1.82) is 0 Å². The van der Waals surface area contributed by atoms with E-state index in [2.05, 4.69) is 30.0 Å². The highest BCUT2D eigenvalue weighted by Gasteiger charge is 2.37. The predicted octanol–water partition coefficient (Wildman–Crippen LogP) is 7.92. The Balaban J connectivity index is 1.65. The lowest BCUT2D eigenvalue weighted by Crippen LogP contribution is -2.32. The van der Waals surface area contributed by atoms with Gasteiger partial charge in [-0.25, -0.2) is 0 Å². The van der Waals surface area contributed by atoms with Gasteiger partial charge in [0.15, 0.2) is 23.0 Å². The molecule has 0 fully saturated rings. The molecule has 3 atom stereocenters. The van der Waals surface area contributed by atoms with Crippen LogP contribution in [0.15, 0.2) is 84.9 Å². The number of hydrogen-bond acceptors (Lipinski definition) is 6. The highest BCUT2D eigenvalue weighted by atomic mass is 35.5. The van der Waals surface area contributed by atoms with Crippen LogP contribution in [-0.2, 0) is 6.54 Å². The molecule has 43 heavy (non-hydrogen) atoms. The van der Waals surface area contributed by atoms with Crippen molar-refractivity contribution in [2.24, 2.45) is 0 Å². The molecule has 0 bridgehead atoms. The molecule has 1 aliphatic heterocycles. The lowest BCUT2D eigenvalue weighted by atomic mass is 9.88. The van der Waals surface area contributed by atoms with Crippen LogP contribution >= 0.6 is 11.6 Å². The smallest absolute Gasteiger partial charge is 0.165 e. The van der Waals surface area contributed by atoms with Crippen LogP contribution in [0.5, 0.6) is 23.0 Å². The summed E-state index contributed by atoms with van der Waals surface area (Å²) >= 11 is 6.49. The number of aliphatic hydroxyl groups excluding tert-OH is 1. The zero-order chi connectivity index (χ0) is 30.5. The highest BCUT2D eigenvalue weighted by molar-refractivity contribution is 6.30. The Bertz CT molecular complexity index is 1590. The third kappa shape index (κ3) is 6.37. The second kappa shape index (κ2) is 13.6. The molecule has 0 spiro atoms. The third-order valence-electron chi connectivity index (χ3n) is 7.99. The van der Waals surface area contributed by atoms with E-state index in [1.54, 1.807) is 14.2 Å². The van der Waals surface area contributed by atoms with Gasteiger partial charge in [0.25, 0.3) is 0 Å². The molecule has 3 unspecified atom stereocenters. The van der Waals surface area contributed by atoms with E-state index in [9.17, 15) is 10.2 Å². The van der Waals surface area contributed by atoms with Crippen molar-refractivity contribution in [1.82, 2.24) is 4.90 Å². The minimum atomic E-state index is -0.449. The van der Waals surface area contributed by atoms with Crippen LogP contribution in [-0.4, -0.2) is 42.5 Å². The lowest BCUT2D eigenvalue weighted by Gasteiger charge is -2.33. The number of methoxy groups -OCH3 is 2. The van der Waals surface area contributed by atoms with Crippen LogP contribution in [0.2, 0.25) is 5.02 Å². The van der Waals surface area contributed by atoms with Crippen LogP contribution < -0.4 is 14.2 Å². The van der Waals surface area contributed by atoms with Crippen LogP contribution in [0.25, 0.3) is 6.08 Å². The van der Waals surface area contributed by atoms with Gasteiger partial charge in [0, 0.05) is 35.2 Å². The number of ether oxygens (including phenoxy) is 3. The molecule has 4 aromatic carbocycles. The summed E-state index contributed by atoms with van der Waals surface area (Å²) in [5.74, 6) is 1.78. The minimum absolute atomic E-state index is 0.00121. The summed E-state index contributed by atoms with van der Waals surface area (Å²) in [5, 5.41) is 22.4. The van der Waals surface area contributed by atoms with Gasteiger partial charge in [0.2, 0.25) is 0 Å². The molecule has 2 N–H and O–H groups in total. The van der Waals surface area contributed by atoms with Crippen molar-refractivity contribution in [2.45, 2.75) is 38.5 Å². The summed E-state index contributed by atoms with van der Waals surface area (Å²) in [6.07, 6.45) is 3.70. The molecular formula is C36H38ClNO5. The van der Waals surface area contributed by atoms with Gasteiger partial charge in [-0.1, -0.05) is 73.1 Å². The van der Waals surface area contributed by atoms with Crippen molar-refractivity contribution in [3.8, 4) is 23.0 Å². The maximum Gasteiger partial charge on any atom is 0.165 e. The summed E-state index contributed by atoms with van der Waals surface area (Å²) < 4.78 is 18.1. The monoisotopic (exact) mass is 599 g/mol. The number of phenolic OH excluding ortho intramolecular Hbond substituents is 1. The second-order valence-corrected chi connectivity index (χ2v) is 11.2. The zero-order valence-electron chi connectivity index (χ0n) is 25.0. The largest absolute Gasteiger partial charge is 0.504 e. The zero-order valence-corrected chi connectivity index (χ0v) is 25.7. The first-order valence-corrected chi connectivity index (χ1v) is 14.8. The van der Waals surface area contributed by atoms with Crippen molar-refractivity contribution in [2.75, 3.05) is 27.4 Å². The van der Waals surface area contributed by atoms with Gasteiger partial charge in [-0.2, -0.15) is 0 Å². The number of fused-ring (bicyclic) bond motifs is 1. The molecule has 0 saturated carbocycles. The fourth-order valence-electron chi connectivity index (χ4n) is 5.99. The van der Waals surface area contributed by atoms with Crippen LogP contribution in [0.4, 0.5) is 0 Å². The van der Waals surface area contributed by atoms with Gasteiger partial charge >= 0.3 is 0 Å². The summed E-state index contributed by atoms with van der Waals surface area (Å²) in [6, 6.07) is 25.2. The molecule has 0 aromatic heterocycles. The maximum atomic E-state index is 11.6. The van der Waals surface area contributed by atoms with E-state index in [1.807, 2.05) is 79.7 Å². The van der Waals surface area contributed by atoms with E-state index in [1.165, 1.54) is 0 Å². The molecular weight excluding hydrogens is 562 g/mol. The number of aromatic hydroxyl groups is 1. The third-order valence-corrected chi connectivity index (χ3v) is 8.22. The molecule has 0 aliphatic carbocycles. The molecule has 5 rings (SSSR count). The van der Waals surface area contributed by atoms with E-state index in [-0.39, 0.29) is 24.4 Å². The summed E-state index contributed by atoms with van der Waals surface area (Å²) in [6.45, 7) is 4.97. The van der Waals surface area contributed by atoms with Gasteiger partial charge in [-0.05, 0) is 65.6 Å². The van der Waals surface area contributed by atoms with Gasteiger partial charge < -0.3 is 24.4 Å². The topological polar surface area (TPSA) is 71.4 Å². The normalized spacial score (nSPS) is 16.7. The summed E-state index contributed by atoms with van der Waals surface area (Å²) in [4.78, 5) is 2.14. The number of rotatable bonds is 11. The predicted molar refractivity (Wildman–Crippen MR) is 171 cm³/mol. The van der Waals surface area contributed by atoms with E-state index in [4.69, 9.17) is 25.8 Å². The van der Waals surface area contributed by atoms with E-state index >= 15 is 0 Å². The minimum Gasteiger partial charge on any atom is -0.504 e. The Kier molecular flexibility index (Phi) is 9.61. The molecule has 0 saturated heterocycles. The molecule has 1 heterocycles. The number of benzene rings is 4. The van der Waals surface area contributed by atoms with Gasteiger partial charge in [-0.3, -0.25) is 4.90 Å². The second-order valence-electron chi connectivity index (χ2n) is 10.8. The van der Waals surface area contributed by atoms with Crippen molar-refractivity contribution < 1.29 is 24.4 Å². The number of nitrogens with zero attached hydrogens (tertiary/aromatic N) is 1. The number of aliphatic hydroxyl groups is 1. The van der Waals surface area contributed by atoms with Crippen molar-refractivity contribution in [3.63, 3.8) is 0 Å². The SMILES string of the molecule is C/C=C/c1cc(OC)c2c(c1)C(C)C(c1cc(OC)c(O)c(C(c3cccc(Cl)c3)N(CCO)Cc3ccccc3)c1)O2. The summed E-state index contributed by atoms with van der Waals surface area (Å²) in [5.41, 5.74) is 5.56.